The van der Waals surface area contributed by atoms with Gasteiger partial charge in [-0.15, -0.1) is 0 Å². The zero-order valence-electron chi connectivity index (χ0n) is 8.07. The second-order valence-corrected chi connectivity index (χ2v) is 5.07. The zero-order valence-corrected chi connectivity index (χ0v) is 11.2. The highest BCUT2D eigenvalue weighted by molar-refractivity contribution is 9.11. The summed E-state index contributed by atoms with van der Waals surface area (Å²) in [4.78, 5) is 0. The smallest absolute Gasteiger partial charge is 0.0283 e. The number of aryl methyl sites for hydroxylation is 2. The first kappa shape index (κ1) is 10.2. The van der Waals surface area contributed by atoms with E-state index in [1.807, 2.05) is 0 Å². The standard InChI is InChI=1S/C12H10Br2/c1-7-3-5-10-9(11(7)13)6-4-8(2)12(10)14/h3-6H,1-2H3. The first-order valence-electron chi connectivity index (χ1n) is 4.45. The van der Waals surface area contributed by atoms with Gasteiger partial charge in [-0.1, -0.05) is 24.3 Å². The van der Waals surface area contributed by atoms with Crippen LogP contribution in [0.4, 0.5) is 0 Å². The van der Waals surface area contributed by atoms with Crippen LogP contribution in [0, 0.1) is 13.8 Å². The number of rotatable bonds is 0. The lowest BCUT2D eigenvalue weighted by Gasteiger charge is -2.07. The minimum absolute atomic E-state index is 1.19. The Kier molecular flexibility index (Phi) is 2.67. The van der Waals surface area contributed by atoms with Gasteiger partial charge < -0.3 is 0 Å². The summed E-state index contributed by atoms with van der Waals surface area (Å²) in [5, 5.41) is 2.53. The number of fused-ring (bicyclic) bond motifs is 1. The molecule has 0 heterocycles. The lowest BCUT2D eigenvalue weighted by molar-refractivity contribution is 1.43. The molecule has 0 saturated carbocycles. The Bertz CT molecular complexity index is 454. The molecule has 0 aromatic heterocycles. The highest BCUT2D eigenvalue weighted by Gasteiger charge is 2.05. The van der Waals surface area contributed by atoms with E-state index in [1.165, 1.54) is 30.8 Å². The van der Waals surface area contributed by atoms with E-state index >= 15 is 0 Å². The molecule has 2 aromatic carbocycles. The van der Waals surface area contributed by atoms with Crippen molar-refractivity contribution in [3.8, 4) is 0 Å². The van der Waals surface area contributed by atoms with Crippen LogP contribution < -0.4 is 0 Å². The fraction of sp³-hybridized carbons (Fsp3) is 0.167. The van der Waals surface area contributed by atoms with Gasteiger partial charge in [0.1, 0.15) is 0 Å². The summed E-state index contributed by atoms with van der Waals surface area (Å²) in [6.45, 7) is 4.22. The van der Waals surface area contributed by atoms with E-state index in [0.717, 1.165) is 0 Å². The van der Waals surface area contributed by atoms with Crippen molar-refractivity contribution in [2.24, 2.45) is 0 Å². The third-order valence-corrected chi connectivity index (χ3v) is 4.56. The Morgan fingerprint density at radius 2 is 1.07 bits per heavy atom. The molecular formula is C12H10Br2. The average Bonchev–Trinajstić information content (AvgIpc) is 2.17. The van der Waals surface area contributed by atoms with Gasteiger partial charge in [0.15, 0.2) is 0 Å². The van der Waals surface area contributed by atoms with Gasteiger partial charge in [0.25, 0.3) is 0 Å². The number of halogens is 2. The monoisotopic (exact) mass is 312 g/mol. The summed E-state index contributed by atoms with van der Waals surface area (Å²) in [5.74, 6) is 0. The molecule has 0 N–H and O–H groups in total. The molecule has 2 heteroatoms. The van der Waals surface area contributed by atoms with Gasteiger partial charge in [-0.3, -0.25) is 0 Å². The first-order valence-corrected chi connectivity index (χ1v) is 6.04. The molecule has 0 bridgehead atoms. The van der Waals surface area contributed by atoms with Crippen LogP contribution in [0.15, 0.2) is 33.2 Å². The van der Waals surface area contributed by atoms with Crippen LogP contribution in [0.3, 0.4) is 0 Å². The molecule has 72 valence electrons. The molecule has 2 aromatic rings. The van der Waals surface area contributed by atoms with Crippen molar-refractivity contribution in [2.75, 3.05) is 0 Å². The highest BCUT2D eigenvalue weighted by atomic mass is 79.9. The number of benzene rings is 2. The quantitative estimate of drug-likeness (QED) is 0.643. The van der Waals surface area contributed by atoms with E-state index in [1.54, 1.807) is 0 Å². The Labute approximate surface area is 101 Å². The minimum Gasteiger partial charge on any atom is -0.0575 e. The fourth-order valence-electron chi connectivity index (χ4n) is 1.55. The number of hydrogen-bond acceptors (Lipinski definition) is 0. The van der Waals surface area contributed by atoms with E-state index in [0.29, 0.717) is 0 Å². The van der Waals surface area contributed by atoms with Crippen molar-refractivity contribution in [1.82, 2.24) is 0 Å². The molecule has 0 radical (unpaired) electrons. The molecule has 0 aliphatic heterocycles. The van der Waals surface area contributed by atoms with Crippen molar-refractivity contribution < 1.29 is 0 Å². The minimum atomic E-state index is 1.19. The van der Waals surface area contributed by atoms with Crippen LogP contribution >= 0.6 is 31.9 Å². The number of hydrogen-bond donors (Lipinski definition) is 0. The maximum Gasteiger partial charge on any atom is 0.0283 e. The maximum absolute atomic E-state index is 3.62. The van der Waals surface area contributed by atoms with Gasteiger partial charge in [-0.2, -0.15) is 0 Å². The lowest BCUT2D eigenvalue weighted by Crippen LogP contribution is -1.83. The highest BCUT2D eigenvalue weighted by Crippen LogP contribution is 2.33. The van der Waals surface area contributed by atoms with Crippen molar-refractivity contribution in [3.63, 3.8) is 0 Å². The fourth-order valence-corrected chi connectivity index (χ4v) is 2.51. The predicted octanol–water partition coefficient (Wildman–Crippen LogP) is 4.98. The van der Waals surface area contributed by atoms with Gasteiger partial charge >= 0.3 is 0 Å². The second-order valence-electron chi connectivity index (χ2n) is 3.49. The van der Waals surface area contributed by atoms with E-state index < -0.39 is 0 Å². The second kappa shape index (κ2) is 3.67. The van der Waals surface area contributed by atoms with Crippen LogP contribution in [0.5, 0.6) is 0 Å². The first-order chi connectivity index (χ1) is 6.61. The molecule has 0 fully saturated rings. The summed E-state index contributed by atoms with van der Waals surface area (Å²) < 4.78 is 2.38. The van der Waals surface area contributed by atoms with Gasteiger partial charge in [0, 0.05) is 8.95 Å². The summed E-state index contributed by atoms with van der Waals surface area (Å²) in [7, 11) is 0. The Morgan fingerprint density at radius 1 is 0.714 bits per heavy atom. The largest absolute Gasteiger partial charge is 0.0575 e. The summed E-state index contributed by atoms with van der Waals surface area (Å²) in [6.07, 6.45) is 0. The van der Waals surface area contributed by atoms with Gasteiger partial charge in [-0.25, -0.2) is 0 Å². The summed E-state index contributed by atoms with van der Waals surface area (Å²) in [5.41, 5.74) is 2.54. The van der Waals surface area contributed by atoms with Crippen molar-refractivity contribution >= 4 is 42.6 Å². The van der Waals surface area contributed by atoms with E-state index in [-0.39, 0.29) is 0 Å². The van der Waals surface area contributed by atoms with Crippen LogP contribution in [0.2, 0.25) is 0 Å². The zero-order chi connectivity index (χ0) is 10.3. The Morgan fingerprint density at radius 3 is 1.43 bits per heavy atom. The van der Waals surface area contributed by atoms with Crippen LogP contribution in [0.25, 0.3) is 10.8 Å². The molecule has 0 saturated heterocycles. The molecule has 0 aliphatic rings. The predicted molar refractivity (Wildman–Crippen MR) is 68.8 cm³/mol. The van der Waals surface area contributed by atoms with Crippen molar-refractivity contribution in [1.29, 1.82) is 0 Å². The van der Waals surface area contributed by atoms with Crippen molar-refractivity contribution in [3.05, 3.63) is 44.3 Å². The van der Waals surface area contributed by atoms with Gasteiger partial charge in [0.05, 0.1) is 0 Å². The maximum atomic E-state index is 3.62. The van der Waals surface area contributed by atoms with Gasteiger partial charge in [0.2, 0.25) is 0 Å². The summed E-state index contributed by atoms with van der Waals surface area (Å²) in [6, 6.07) is 8.59. The SMILES string of the molecule is Cc1ccc2c(Br)c(C)ccc2c1Br. The van der Waals surface area contributed by atoms with Crippen LogP contribution in [0.1, 0.15) is 11.1 Å². The molecule has 0 nitrogen and oxygen atoms in total. The third kappa shape index (κ3) is 1.51. The molecule has 14 heavy (non-hydrogen) atoms. The Balaban J connectivity index is 2.94. The molecule has 0 spiro atoms. The third-order valence-electron chi connectivity index (χ3n) is 2.46. The van der Waals surface area contributed by atoms with Crippen LogP contribution in [-0.2, 0) is 0 Å². The molecule has 0 amide bonds. The van der Waals surface area contributed by atoms with Gasteiger partial charge in [-0.05, 0) is 67.6 Å². The molecule has 0 atom stereocenters. The molecule has 0 aliphatic carbocycles. The molecule has 0 unspecified atom stereocenters. The lowest BCUT2D eigenvalue weighted by atomic mass is 10.1. The Hall–Kier alpha value is -0.340. The summed E-state index contributed by atoms with van der Waals surface area (Å²) >= 11 is 7.24. The van der Waals surface area contributed by atoms with E-state index in [4.69, 9.17) is 0 Å². The topological polar surface area (TPSA) is 0 Å². The molecule has 2 rings (SSSR count). The van der Waals surface area contributed by atoms with Crippen LogP contribution in [-0.4, -0.2) is 0 Å². The average molecular weight is 314 g/mol. The van der Waals surface area contributed by atoms with E-state index in [2.05, 4.69) is 70.0 Å². The normalized spacial score (nSPS) is 10.9. The van der Waals surface area contributed by atoms with Crippen molar-refractivity contribution in [2.45, 2.75) is 13.8 Å². The molecular weight excluding hydrogens is 304 g/mol. The van der Waals surface area contributed by atoms with E-state index in [9.17, 15) is 0 Å².